The summed E-state index contributed by atoms with van der Waals surface area (Å²) in [7, 11) is 0. The van der Waals surface area contributed by atoms with E-state index in [9.17, 15) is 4.79 Å². The molecular formula is C8H10N2OS. The Morgan fingerprint density at radius 1 is 1.58 bits per heavy atom. The molecule has 12 heavy (non-hydrogen) atoms. The van der Waals surface area contributed by atoms with E-state index in [1.54, 1.807) is 4.57 Å². The number of thiazole rings is 1. The van der Waals surface area contributed by atoms with Crippen molar-refractivity contribution < 1.29 is 0 Å². The molecule has 1 aromatic heterocycles. The Balaban J connectivity index is 2.99. The van der Waals surface area contributed by atoms with Crippen LogP contribution in [0.1, 0.15) is 17.0 Å². The highest BCUT2D eigenvalue weighted by Crippen LogP contribution is 2.09. The van der Waals surface area contributed by atoms with E-state index in [1.165, 1.54) is 11.3 Å². The van der Waals surface area contributed by atoms with Crippen LogP contribution in [0.4, 0.5) is 0 Å². The zero-order valence-electron chi connectivity index (χ0n) is 7.13. The van der Waals surface area contributed by atoms with Gasteiger partial charge in [0.1, 0.15) is 0 Å². The monoisotopic (exact) mass is 182 g/mol. The minimum absolute atomic E-state index is 0.0419. The van der Waals surface area contributed by atoms with Crippen LogP contribution in [-0.4, -0.2) is 4.57 Å². The number of nitrogens with zero attached hydrogens (tertiary/aromatic N) is 2. The highest BCUT2D eigenvalue weighted by molar-refractivity contribution is 7.09. The van der Waals surface area contributed by atoms with Gasteiger partial charge in [-0.3, -0.25) is 4.79 Å². The van der Waals surface area contributed by atoms with Gasteiger partial charge in [-0.05, 0) is 13.8 Å². The maximum Gasteiger partial charge on any atom is 0.307 e. The molecule has 0 unspecified atom stereocenters. The van der Waals surface area contributed by atoms with Gasteiger partial charge in [-0.25, -0.2) is 0 Å². The number of rotatable bonds is 2. The Kier molecular flexibility index (Phi) is 2.66. The third-order valence-electron chi connectivity index (χ3n) is 1.82. The summed E-state index contributed by atoms with van der Waals surface area (Å²) in [6.07, 6.45) is 0.400. The first-order valence-corrected chi connectivity index (χ1v) is 4.52. The fourth-order valence-electron chi connectivity index (χ4n) is 1.01. The van der Waals surface area contributed by atoms with E-state index in [-0.39, 0.29) is 4.87 Å². The fourth-order valence-corrected chi connectivity index (χ4v) is 1.87. The molecule has 1 heterocycles. The lowest BCUT2D eigenvalue weighted by molar-refractivity contribution is 0.680. The highest BCUT2D eigenvalue weighted by Gasteiger charge is 2.05. The summed E-state index contributed by atoms with van der Waals surface area (Å²) in [4.78, 5) is 12.3. The van der Waals surface area contributed by atoms with Gasteiger partial charge in [0.25, 0.3) is 0 Å². The molecule has 0 radical (unpaired) electrons. The molecule has 0 aromatic carbocycles. The van der Waals surface area contributed by atoms with Crippen molar-refractivity contribution in [1.29, 1.82) is 5.26 Å². The molecule has 0 amide bonds. The molecule has 0 aliphatic rings. The highest BCUT2D eigenvalue weighted by atomic mass is 32.1. The summed E-state index contributed by atoms with van der Waals surface area (Å²) in [6, 6.07) is 2.02. The van der Waals surface area contributed by atoms with Crippen LogP contribution >= 0.6 is 11.3 Å². The van der Waals surface area contributed by atoms with E-state index in [1.807, 2.05) is 19.9 Å². The van der Waals surface area contributed by atoms with Gasteiger partial charge in [0, 0.05) is 17.1 Å². The van der Waals surface area contributed by atoms with Crippen LogP contribution < -0.4 is 4.87 Å². The van der Waals surface area contributed by atoms with E-state index < -0.39 is 0 Å². The van der Waals surface area contributed by atoms with E-state index in [0.717, 1.165) is 10.6 Å². The minimum atomic E-state index is 0.0419. The van der Waals surface area contributed by atoms with Gasteiger partial charge >= 0.3 is 4.87 Å². The van der Waals surface area contributed by atoms with Crippen molar-refractivity contribution >= 4 is 11.3 Å². The van der Waals surface area contributed by atoms with Crippen LogP contribution in [0.5, 0.6) is 0 Å². The second kappa shape index (κ2) is 3.55. The largest absolute Gasteiger partial charge is 0.307 e. The predicted molar refractivity (Wildman–Crippen MR) is 48.3 cm³/mol. The molecule has 0 aliphatic carbocycles. The summed E-state index contributed by atoms with van der Waals surface area (Å²) in [6.45, 7) is 4.35. The molecule has 0 bridgehead atoms. The third kappa shape index (κ3) is 1.56. The standard InChI is InChI=1S/C8H10N2OS/c1-6-7(2)12-8(11)10(6)5-3-4-9/h3,5H2,1-2H3. The van der Waals surface area contributed by atoms with Crippen molar-refractivity contribution in [2.45, 2.75) is 26.8 Å². The number of aromatic nitrogens is 1. The number of hydrogen-bond donors (Lipinski definition) is 0. The molecule has 64 valence electrons. The van der Waals surface area contributed by atoms with Crippen molar-refractivity contribution in [2.24, 2.45) is 0 Å². The van der Waals surface area contributed by atoms with Gasteiger partial charge in [0.2, 0.25) is 0 Å². The average Bonchev–Trinajstić information content (AvgIpc) is 2.25. The molecule has 1 aromatic rings. The number of nitriles is 1. The van der Waals surface area contributed by atoms with Gasteiger partial charge in [0.05, 0.1) is 12.5 Å². The van der Waals surface area contributed by atoms with Crippen molar-refractivity contribution in [3.8, 4) is 6.07 Å². The van der Waals surface area contributed by atoms with Gasteiger partial charge in [0.15, 0.2) is 0 Å². The Morgan fingerprint density at radius 3 is 2.67 bits per heavy atom. The molecule has 0 fully saturated rings. The second-order valence-electron chi connectivity index (χ2n) is 2.57. The summed E-state index contributed by atoms with van der Waals surface area (Å²) in [5, 5.41) is 8.35. The van der Waals surface area contributed by atoms with Crippen LogP contribution in [0.2, 0.25) is 0 Å². The Morgan fingerprint density at radius 2 is 2.25 bits per heavy atom. The minimum Gasteiger partial charge on any atom is -0.302 e. The first kappa shape index (κ1) is 9.01. The van der Waals surface area contributed by atoms with Crippen LogP contribution in [0.15, 0.2) is 4.79 Å². The molecule has 0 atom stereocenters. The molecule has 3 nitrogen and oxygen atoms in total. The summed E-state index contributed by atoms with van der Waals surface area (Å²) >= 11 is 1.24. The summed E-state index contributed by atoms with van der Waals surface area (Å²) < 4.78 is 1.66. The maximum atomic E-state index is 11.2. The van der Waals surface area contributed by atoms with E-state index in [0.29, 0.717) is 13.0 Å². The van der Waals surface area contributed by atoms with Crippen molar-refractivity contribution in [1.82, 2.24) is 4.57 Å². The topological polar surface area (TPSA) is 45.8 Å². The predicted octanol–water partition coefficient (Wildman–Crippen LogP) is 1.44. The average molecular weight is 182 g/mol. The fraction of sp³-hybridized carbons (Fsp3) is 0.500. The van der Waals surface area contributed by atoms with Crippen molar-refractivity contribution in [3.63, 3.8) is 0 Å². The quantitative estimate of drug-likeness (QED) is 0.694. The normalized spacial score (nSPS) is 9.75. The lowest BCUT2D eigenvalue weighted by atomic mass is 10.4. The Bertz CT molecular complexity index is 369. The molecule has 0 N–H and O–H groups in total. The number of hydrogen-bond acceptors (Lipinski definition) is 3. The number of aryl methyl sites for hydroxylation is 1. The summed E-state index contributed by atoms with van der Waals surface area (Å²) in [5.41, 5.74) is 0.986. The lowest BCUT2D eigenvalue weighted by Crippen LogP contribution is -2.14. The van der Waals surface area contributed by atoms with Gasteiger partial charge < -0.3 is 4.57 Å². The molecule has 1 rings (SSSR count). The molecular weight excluding hydrogens is 172 g/mol. The van der Waals surface area contributed by atoms with Gasteiger partial charge in [-0.2, -0.15) is 5.26 Å². The Hall–Kier alpha value is -1.08. The van der Waals surface area contributed by atoms with E-state index in [2.05, 4.69) is 0 Å². The van der Waals surface area contributed by atoms with Crippen LogP contribution in [0.3, 0.4) is 0 Å². The third-order valence-corrected chi connectivity index (χ3v) is 2.82. The van der Waals surface area contributed by atoms with Crippen molar-refractivity contribution in [3.05, 3.63) is 20.2 Å². The summed E-state index contributed by atoms with van der Waals surface area (Å²) in [5.74, 6) is 0. The SMILES string of the molecule is Cc1sc(=O)n(CCC#N)c1C. The molecule has 0 aliphatic heterocycles. The molecule has 0 saturated carbocycles. The molecule has 4 heteroatoms. The Labute approximate surface area is 74.9 Å². The van der Waals surface area contributed by atoms with E-state index in [4.69, 9.17) is 5.26 Å². The van der Waals surface area contributed by atoms with Crippen LogP contribution in [0, 0.1) is 25.2 Å². The molecule has 0 spiro atoms. The van der Waals surface area contributed by atoms with Crippen LogP contribution in [-0.2, 0) is 6.54 Å². The van der Waals surface area contributed by atoms with Gasteiger partial charge in [-0.15, -0.1) is 0 Å². The zero-order chi connectivity index (χ0) is 9.14. The van der Waals surface area contributed by atoms with Gasteiger partial charge in [-0.1, -0.05) is 11.3 Å². The smallest absolute Gasteiger partial charge is 0.302 e. The molecule has 0 saturated heterocycles. The van der Waals surface area contributed by atoms with E-state index >= 15 is 0 Å². The van der Waals surface area contributed by atoms with Crippen molar-refractivity contribution in [2.75, 3.05) is 0 Å². The zero-order valence-corrected chi connectivity index (χ0v) is 7.94. The second-order valence-corrected chi connectivity index (χ2v) is 3.74. The van der Waals surface area contributed by atoms with Crippen LogP contribution in [0.25, 0.3) is 0 Å². The maximum absolute atomic E-state index is 11.2. The first-order chi connectivity index (χ1) is 5.66. The lowest BCUT2D eigenvalue weighted by Gasteiger charge is -1.99. The first-order valence-electron chi connectivity index (χ1n) is 3.70.